The van der Waals surface area contributed by atoms with Gasteiger partial charge >= 0.3 is 0 Å². The lowest BCUT2D eigenvalue weighted by atomic mass is 10.1. The van der Waals surface area contributed by atoms with Crippen molar-refractivity contribution in [1.82, 2.24) is 19.5 Å². The average Bonchev–Trinajstić information content (AvgIpc) is 3.45. The fourth-order valence-electron chi connectivity index (χ4n) is 4.13. The van der Waals surface area contributed by atoms with Crippen molar-refractivity contribution in [3.05, 3.63) is 65.2 Å². The van der Waals surface area contributed by atoms with Gasteiger partial charge in [0.1, 0.15) is 17.9 Å². The number of nitriles is 1. The number of hydrogen-bond acceptors (Lipinski definition) is 7. The van der Waals surface area contributed by atoms with Crippen molar-refractivity contribution in [3.8, 4) is 17.3 Å². The van der Waals surface area contributed by atoms with Crippen LogP contribution in [-0.4, -0.2) is 43.8 Å². The van der Waals surface area contributed by atoms with Crippen LogP contribution in [0, 0.1) is 18.3 Å². The molecule has 3 aromatic rings. The molecule has 35 heavy (non-hydrogen) atoms. The highest BCUT2D eigenvalue weighted by Gasteiger charge is 2.35. The number of nitrogen functional groups attached to an aromatic ring is 1. The number of anilines is 1. The molecule has 4 rings (SSSR count). The molecule has 1 saturated heterocycles. The van der Waals surface area contributed by atoms with Gasteiger partial charge in [-0.15, -0.1) is 0 Å². The summed E-state index contributed by atoms with van der Waals surface area (Å²) in [4.78, 5) is 47.5. The summed E-state index contributed by atoms with van der Waals surface area (Å²) in [6, 6.07) is 11.4. The third kappa shape index (κ3) is 4.67. The number of nitrogens with two attached hydrogens (primary N) is 2. The van der Waals surface area contributed by atoms with E-state index < -0.39 is 11.9 Å². The minimum Gasteiger partial charge on any atom is -0.364 e. The largest absolute Gasteiger partial charge is 0.364 e. The van der Waals surface area contributed by atoms with Crippen molar-refractivity contribution >= 4 is 23.5 Å². The van der Waals surface area contributed by atoms with Crippen LogP contribution < -0.4 is 16.9 Å². The molecule has 1 fully saturated rings. The van der Waals surface area contributed by atoms with Crippen LogP contribution in [0.25, 0.3) is 11.3 Å². The highest BCUT2D eigenvalue weighted by molar-refractivity contribution is 6.04. The predicted molar refractivity (Wildman–Crippen MR) is 127 cm³/mol. The van der Waals surface area contributed by atoms with Crippen molar-refractivity contribution < 1.29 is 14.4 Å². The van der Waals surface area contributed by atoms with Crippen LogP contribution in [-0.2, 0) is 4.79 Å². The molecule has 0 radical (unpaired) electrons. The summed E-state index contributed by atoms with van der Waals surface area (Å²) in [6.45, 7) is 2.37. The van der Waals surface area contributed by atoms with E-state index in [4.69, 9.17) is 16.8 Å². The Balaban J connectivity index is 1.63. The molecule has 1 atom stereocenters. The Morgan fingerprint density at radius 2 is 1.94 bits per heavy atom. The van der Waals surface area contributed by atoms with E-state index in [9.17, 15) is 14.4 Å². The first kappa shape index (κ1) is 23.4. The number of nitrogens with one attached hydrogen (secondary N) is 1. The van der Waals surface area contributed by atoms with Gasteiger partial charge < -0.3 is 21.8 Å². The molecule has 3 amide bonds. The molecule has 0 saturated carbocycles. The molecule has 0 bridgehead atoms. The van der Waals surface area contributed by atoms with E-state index in [-0.39, 0.29) is 29.6 Å². The standard InChI is InChI=1S/C24H24N8O3/c1-14-4-9-18(28-13-14)29-24(35)16-7-5-15(6-8-16)20-21(22(26)34)32(27)23(30-20)17-3-2-12-31(17)19(33)10-11-25/h4-9,13,17H,2-3,10,12,27H2,1H3,(H2,26,34)(H,28,29,35)/t17-/m0/s1. The molecule has 0 aliphatic carbocycles. The maximum absolute atomic E-state index is 12.6. The second-order valence-electron chi connectivity index (χ2n) is 8.23. The number of imidazole rings is 1. The Hall–Kier alpha value is -4.72. The van der Waals surface area contributed by atoms with Crippen LogP contribution >= 0.6 is 0 Å². The number of pyridine rings is 1. The molecule has 5 N–H and O–H groups in total. The predicted octanol–water partition coefficient (Wildman–Crippen LogP) is 1.90. The average molecular weight is 473 g/mol. The lowest BCUT2D eigenvalue weighted by molar-refractivity contribution is -0.131. The first-order chi connectivity index (χ1) is 16.8. The number of aromatic nitrogens is 3. The third-order valence-corrected chi connectivity index (χ3v) is 5.85. The van der Waals surface area contributed by atoms with E-state index >= 15 is 0 Å². The number of benzene rings is 1. The zero-order chi connectivity index (χ0) is 25.1. The minimum atomic E-state index is -0.776. The first-order valence-corrected chi connectivity index (χ1v) is 11.0. The molecular formula is C24H24N8O3. The molecule has 0 spiro atoms. The van der Waals surface area contributed by atoms with Gasteiger partial charge in [-0.25, -0.2) is 14.6 Å². The summed E-state index contributed by atoms with van der Waals surface area (Å²) >= 11 is 0. The third-order valence-electron chi connectivity index (χ3n) is 5.85. The Bertz CT molecular complexity index is 1320. The van der Waals surface area contributed by atoms with Crippen molar-refractivity contribution in [2.75, 3.05) is 17.7 Å². The summed E-state index contributed by atoms with van der Waals surface area (Å²) in [6.07, 6.45) is 2.72. The van der Waals surface area contributed by atoms with E-state index in [1.165, 1.54) is 0 Å². The quantitative estimate of drug-likeness (QED) is 0.459. The molecule has 1 aliphatic heterocycles. The van der Waals surface area contributed by atoms with Gasteiger partial charge in [0.2, 0.25) is 5.91 Å². The maximum atomic E-state index is 12.6. The van der Waals surface area contributed by atoms with E-state index in [0.29, 0.717) is 35.7 Å². The molecule has 11 heteroatoms. The molecular weight excluding hydrogens is 448 g/mol. The highest BCUT2D eigenvalue weighted by atomic mass is 16.2. The number of nitrogens with zero attached hydrogens (tertiary/aromatic N) is 5. The van der Waals surface area contributed by atoms with Gasteiger partial charge in [0.15, 0.2) is 11.5 Å². The van der Waals surface area contributed by atoms with Gasteiger partial charge in [-0.05, 0) is 43.5 Å². The summed E-state index contributed by atoms with van der Waals surface area (Å²) in [5.41, 5.74) is 7.74. The highest BCUT2D eigenvalue weighted by Crippen LogP contribution is 2.34. The second-order valence-corrected chi connectivity index (χ2v) is 8.23. The Morgan fingerprint density at radius 3 is 2.57 bits per heavy atom. The van der Waals surface area contributed by atoms with Crippen LogP contribution in [0.4, 0.5) is 5.82 Å². The Labute approximate surface area is 201 Å². The lowest BCUT2D eigenvalue weighted by Gasteiger charge is -2.23. The zero-order valence-corrected chi connectivity index (χ0v) is 19.1. The number of primary amides is 1. The van der Waals surface area contributed by atoms with Crippen LogP contribution in [0.1, 0.15) is 57.5 Å². The van der Waals surface area contributed by atoms with Crippen LogP contribution in [0.2, 0.25) is 0 Å². The molecule has 1 aliphatic rings. The molecule has 178 valence electrons. The number of amides is 3. The van der Waals surface area contributed by atoms with Gasteiger partial charge in [0, 0.05) is 23.9 Å². The molecule has 1 aromatic carbocycles. The summed E-state index contributed by atoms with van der Waals surface area (Å²) in [7, 11) is 0. The first-order valence-electron chi connectivity index (χ1n) is 11.0. The number of carbonyl (C=O) groups is 3. The number of hydrogen-bond donors (Lipinski definition) is 3. The molecule has 3 heterocycles. The van der Waals surface area contributed by atoms with Crippen LogP contribution in [0.15, 0.2) is 42.6 Å². The fraction of sp³-hybridized carbons (Fsp3) is 0.250. The Morgan fingerprint density at radius 1 is 1.20 bits per heavy atom. The smallest absolute Gasteiger partial charge is 0.269 e. The van der Waals surface area contributed by atoms with Crippen molar-refractivity contribution in [3.63, 3.8) is 0 Å². The fourth-order valence-corrected chi connectivity index (χ4v) is 4.13. The summed E-state index contributed by atoms with van der Waals surface area (Å²) in [5, 5.41) is 11.6. The topological polar surface area (TPSA) is 173 Å². The molecule has 2 aromatic heterocycles. The maximum Gasteiger partial charge on any atom is 0.269 e. The number of aryl methyl sites for hydroxylation is 1. The molecule has 0 unspecified atom stereocenters. The lowest BCUT2D eigenvalue weighted by Crippen LogP contribution is -2.33. The van der Waals surface area contributed by atoms with E-state index in [2.05, 4.69) is 15.3 Å². The van der Waals surface area contributed by atoms with Crippen molar-refractivity contribution in [2.24, 2.45) is 5.73 Å². The number of carbonyl (C=O) groups excluding carboxylic acids is 3. The molecule has 11 nitrogen and oxygen atoms in total. The van der Waals surface area contributed by atoms with Gasteiger partial charge in [-0.2, -0.15) is 5.26 Å². The zero-order valence-electron chi connectivity index (χ0n) is 19.1. The SMILES string of the molecule is Cc1ccc(NC(=O)c2ccc(-c3nc([C@@H]4CCCN4C(=O)CC#N)n(N)c3C(N)=O)cc2)nc1. The summed E-state index contributed by atoms with van der Waals surface area (Å²) < 4.78 is 1.12. The van der Waals surface area contributed by atoms with E-state index in [1.54, 1.807) is 41.4 Å². The minimum absolute atomic E-state index is 0.0133. The summed E-state index contributed by atoms with van der Waals surface area (Å²) in [5.74, 6) is 5.51. The number of rotatable bonds is 6. The van der Waals surface area contributed by atoms with Gasteiger partial charge in [0.25, 0.3) is 11.8 Å². The monoisotopic (exact) mass is 472 g/mol. The Kier molecular flexibility index (Phi) is 6.46. The van der Waals surface area contributed by atoms with Crippen molar-refractivity contribution in [1.29, 1.82) is 5.26 Å². The van der Waals surface area contributed by atoms with E-state index in [0.717, 1.165) is 16.7 Å². The van der Waals surface area contributed by atoms with Crippen molar-refractivity contribution in [2.45, 2.75) is 32.2 Å². The normalized spacial score (nSPS) is 15.0. The van der Waals surface area contributed by atoms with E-state index in [1.807, 2.05) is 19.1 Å². The van der Waals surface area contributed by atoms with Gasteiger partial charge in [0.05, 0.1) is 12.1 Å². The van der Waals surface area contributed by atoms with Crippen LogP contribution in [0.3, 0.4) is 0 Å². The van der Waals surface area contributed by atoms with Gasteiger partial charge in [-0.3, -0.25) is 14.4 Å². The second kappa shape index (κ2) is 9.64. The van der Waals surface area contributed by atoms with Gasteiger partial charge in [-0.1, -0.05) is 18.2 Å². The number of likely N-dealkylation sites (tertiary alicyclic amines) is 1. The van der Waals surface area contributed by atoms with Crippen LogP contribution in [0.5, 0.6) is 0 Å².